The van der Waals surface area contributed by atoms with Crippen LogP contribution in [0, 0.1) is 0 Å². The van der Waals surface area contributed by atoms with Gasteiger partial charge in [-0.1, -0.05) is 15.9 Å². The van der Waals surface area contributed by atoms with Gasteiger partial charge in [-0.3, -0.25) is 0 Å². The van der Waals surface area contributed by atoms with Crippen molar-refractivity contribution in [3.05, 3.63) is 26.6 Å². The first-order valence-corrected chi connectivity index (χ1v) is 9.38. The molecule has 1 aromatic rings. The second-order valence-electron chi connectivity index (χ2n) is 4.24. The standard InChI is InChI=1S/C12H17Br2NO3S/c1-18-12-9(6-10(13)7-11(12)14)8-15-4-3-5-19(2,16)17/h6-7,15H,3-5,8H2,1-2H3. The molecule has 19 heavy (non-hydrogen) atoms. The van der Waals surface area contributed by atoms with Gasteiger partial charge < -0.3 is 10.1 Å². The first-order chi connectivity index (χ1) is 8.83. The minimum Gasteiger partial charge on any atom is -0.495 e. The van der Waals surface area contributed by atoms with E-state index in [1.54, 1.807) is 7.11 Å². The summed E-state index contributed by atoms with van der Waals surface area (Å²) in [6, 6.07) is 3.90. The van der Waals surface area contributed by atoms with Gasteiger partial charge >= 0.3 is 0 Å². The Labute approximate surface area is 131 Å². The summed E-state index contributed by atoms with van der Waals surface area (Å²) in [7, 11) is -1.25. The Kier molecular flexibility index (Phi) is 6.79. The Hall–Kier alpha value is -0.110. The van der Waals surface area contributed by atoms with Crippen LogP contribution in [-0.2, 0) is 16.4 Å². The highest BCUT2D eigenvalue weighted by Crippen LogP contribution is 2.32. The van der Waals surface area contributed by atoms with Crippen molar-refractivity contribution < 1.29 is 13.2 Å². The van der Waals surface area contributed by atoms with Crippen LogP contribution in [-0.4, -0.2) is 34.1 Å². The van der Waals surface area contributed by atoms with Crippen molar-refractivity contribution >= 4 is 41.7 Å². The molecule has 108 valence electrons. The predicted octanol–water partition coefficient (Wildman–Crippen LogP) is 2.74. The van der Waals surface area contributed by atoms with E-state index in [-0.39, 0.29) is 5.75 Å². The fraction of sp³-hybridized carbons (Fsp3) is 0.500. The van der Waals surface area contributed by atoms with E-state index in [2.05, 4.69) is 37.2 Å². The van der Waals surface area contributed by atoms with Crippen molar-refractivity contribution in [2.75, 3.05) is 25.7 Å². The largest absolute Gasteiger partial charge is 0.495 e. The van der Waals surface area contributed by atoms with Crippen molar-refractivity contribution in [3.63, 3.8) is 0 Å². The van der Waals surface area contributed by atoms with Crippen LogP contribution in [0.15, 0.2) is 21.1 Å². The summed E-state index contributed by atoms with van der Waals surface area (Å²) >= 11 is 6.88. The number of rotatable bonds is 7. The third-order valence-corrected chi connectivity index (χ3v) is 4.55. The molecule has 0 radical (unpaired) electrons. The molecule has 0 saturated carbocycles. The quantitative estimate of drug-likeness (QED) is 0.697. The van der Waals surface area contributed by atoms with E-state index in [0.717, 1.165) is 20.3 Å². The number of benzene rings is 1. The third-order valence-electron chi connectivity index (χ3n) is 2.47. The van der Waals surface area contributed by atoms with Gasteiger partial charge in [0, 0.05) is 22.8 Å². The smallest absolute Gasteiger partial charge is 0.147 e. The van der Waals surface area contributed by atoms with Crippen LogP contribution in [0.3, 0.4) is 0 Å². The van der Waals surface area contributed by atoms with Crippen molar-refractivity contribution in [1.82, 2.24) is 5.32 Å². The Morgan fingerprint density at radius 3 is 2.58 bits per heavy atom. The first kappa shape index (κ1) is 16.9. The van der Waals surface area contributed by atoms with Gasteiger partial charge in [-0.2, -0.15) is 0 Å². The molecule has 0 aliphatic heterocycles. The third kappa shape index (κ3) is 6.25. The van der Waals surface area contributed by atoms with Crippen LogP contribution in [0.25, 0.3) is 0 Å². The number of hydrogen-bond acceptors (Lipinski definition) is 4. The normalized spacial score (nSPS) is 11.6. The maximum absolute atomic E-state index is 11.0. The molecule has 0 aliphatic rings. The topological polar surface area (TPSA) is 55.4 Å². The maximum Gasteiger partial charge on any atom is 0.147 e. The van der Waals surface area contributed by atoms with Crippen molar-refractivity contribution in [3.8, 4) is 5.75 Å². The van der Waals surface area contributed by atoms with Gasteiger partial charge in [-0.05, 0) is 41.0 Å². The summed E-state index contributed by atoms with van der Waals surface area (Å²) in [6.07, 6.45) is 1.86. The Balaban J connectivity index is 2.54. The second kappa shape index (κ2) is 7.61. The van der Waals surface area contributed by atoms with Crippen LogP contribution in [0.1, 0.15) is 12.0 Å². The molecular weight excluding hydrogens is 398 g/mol. The van der Waals surface area contributed by atoms with E-state index >= 15 is 0 Å². The molecule has 0 unspecified atom stereocenters. The van der Waals surface area contributed by atoms with Crippen molar-refractivity contribution in [1.29, 1.82) is 0 Å². The zero-order valence-corrected chi connectivity index (χ0v) is 14.9. The average Bonchev–Trinajstić information content (AvgIpc) is 2.26. The zero-order chi connectivity index (χ0) is 14.5. The van der Waals surface area contributed by atoms with E-state index in [1.807, 2.05) is 12.1 Å². The van der Waals surface area contributed by atoms with Gasteiger partial charge in [0.15, 0.2) is 0 Å². The first-order valence-electron chi connectivity index (χ1n) is 5.74. The molecule has 1 N–H and O–H groups in total. The minimum atomic E-state index is -2.88. The van der Waals surface area contributed by atoms with Crippen LogP contribution in [0.4, 0.5) is 0 Å². The van der Waals surface area contributed by atoms with Crippen molar-refractivity contribution in [2.45, 2.75) is 13.0 Å². The predicted molar refractivity (Wildman–Crippen MR) is 84.4 cm³/mol. The van der Waals surface area contributed by atoms with Gasteiger partial charge in [0.05, 0.1) is 17.3 Å². The van der Waals surface area contributed by atoms with Crippen LogP contribution < -0.4 is 10.1 Å². The number of sulfone groups is 1. The summed E-state index contributed by atoms with van der Waals surface area (Å²) < 4.78 is 29.2. The lowest BCUT2D eigenvalue weighted by Crippen LogP contribution is -2.18. The van der Waals surface area contributed by atoms with E-state index < -0.39 is 9.84 Å². The number of hydrogen-bond donors (Lipinski definition) is 1. The zero-order valence-electron chi connectivity index (χ0n) is 10.9. The molecule has 0 fully saturated rings. The molecule has 0 saturated heterocycles. The molecule has 7 heteroatoms. The molecule has 1 rings (SSSR count). The molecule has 0 bridgehead atoms. The number of halogens is 2. The van der Waals surface area contributed by atoms with Crippen molar-refractivity contribution in [2.24, 2.45) is 0 Å². The molecule has 0 atom stereocenters. The Morgan fingerprint density at radius 2 is 2.00 bits per heavy atom. The summed E-state index contributed by atoms with van der Waals surface area (Å²) in [6.45, 7) is 1.28. The summed E-state index contributed by atoms with van der Waals surface area (Å²) in [4.78, 5) is 0. The van der Waals surface area contributed by atoms with E-state index in [4.69, 9.17) is 4.74 Å². The summed E-state index contributed by atoms with van der Waals surface area (Å²) in [5, 5.41) is 3.22. The number of nitrogens with one attached hydrogen (secondary N) is 1. The Morgan fingerprint density at radius 1 is 1.32 bits per heavy atom. The van der Waals surface area contributed by atoms with E-state index in [1.165, 1.54) is 6.26 Å². The van der Waals surface area contributed by atoms with Gasteiger partial charge in [-0.15, -0.1) is 0 Å². The fourth-order valence-corrected chi connectivity index (χ4v) is 3.80. The molecule has 0 aliphatic carbocycles. The minimum absolute atomic E-state index is 0.208. The van der Waals surface area contributed by atoms with Gasteiger partial charge in [0.1, 0.15) is 15.6 Å². The van der Waals surface area contributed by atoms with E-state index in [0.29, 0.717) is 19.5 Å². The molecule has 1 aromatic carbocycles. The van der Waals surface area contributed by atoms with Crippen LogP contribution in [0.2, 0.25) is 0 Å². The molecular formula is C12H17Br2NO3S. The van der Waals surface area contributed by atoms with Crippen LogP contribution >= 0.6 is 31.9 Å². The lowest BCUT2D eigenvalue weighted by atomic mass is 10.2. The molecule has 0 aromatic heterocycles. The SMILES string of the molecule is COc1c(Br)cc(Br)cc1CNCCCS(C)(=O)=O. The average molecular weight is 415 g/mol. The van der Waals surface area contributed by atoms with E-state index in [9.17, 15) is 8.42 Å². The van der Waals surface area contributed by atoms with Gasteiger partial charge in [0.25, 0.3) is 0 Å². The number of methoxy groups -OCH3 is 1. The monoisotopic (exact) mass is 413 g/mol. The molecule has 4 nitrogen and oxygen atoms in total. The lowest BCUT2D eigenvalue weighted by Gasteiger charge is -2.12. The summed E-state index contributed by atoms with van der Waals surface area (Å²) in [5.41, 5.74) is 1.02. The fourth-order valence-electron chi connectivity index (χ4n) is 1.66. The highest BCUT2D eigenvalue weighted by atomic mass is 79.9. The Bertz CT molecular complexity index is 532. The molecule has 0 heterocycles. The highest BCUT2D eigenvalue weighted by Gasteiger charge is 2.09. The maximum atomic E-state index is 11.0. The summed E-state index contributed by atoms with van der Waals surface area (Å²) in [5.74, 6) is 0.998. The molecule has 0 spiro atoms. The lowest BCUT2D eigenvalue weighted by molar-refractivity contribution is 0.405. The van der Waals surface area contributed by atoms with Gasteiger partial charge in [-0.25, -0.2) is 8.42 Å². The highest BCUT2D eigenvalue weighted by molar-refractivity contribution is 9.11. The second-order valence-corrected chi connectivity index (χ2v) is 8.27. The number of ether oxygens (including phenoxy) is 1. The van der Waals surface area contributed by atoms with Crippen LogP contribution in [0.5, 0.6) is 5.75 Å². The molecule has 0 amide bonds. The van der Waals surface area contributed by atoms with Gasteiger partial charge in [0.2, 0.25) is 0 Å².